The van der Waals surface area contributed by atoms with Gasteiger partial charge in [0.1, 0.15) is 0 Å². The summed E-state index contributed by atoms with van der Waals surface area (Å²) >= 11 is 0. The summed E-state index contributed by atoms with van der Waals surface area (Å²) < 4.78 is 0. The summed E-state index contributed by atoms with van der Waals surface area (Å²) in [6.07, 6.45) is 0.632. The lowest BCUT2D eigenvalue weighted by Crippen LogP contribution is -2.44. The van der Waals surface area contributed by atoms with Crippen molar-refractivity contribution in [2.24, 2.45) is 5.41 Å². The largest absolute Gasteiger partial charge is 0.387 e. The van der Waals surface area contributed by atoms with Crippen LogP contribution >= 0.6 is 0 Å². The van der Waals surface area contributed by atoms with E-state index in [-0.39, 0.29) is 11.0 Å². The zero-order valence-corrected chi connectivity index (χ0v) is 12.3. The Morgan fingerprint density at radius 3 is 2.11 bits per heavy atom. The molecular formula is C16H27NO. The standard InChI is InChI=1S/C16H27NO/c1-15(2,3)12-16(4,5)17-11-14(18)13-9-7-6-8-10-13/h6-10,14,17-18H,11-12H2,1-5H3. The van der Waals surface area contributed by atoms with Crippen LogP contribution in [0.25, 0.3) is 0 Å². The van der Waals surface area contributed by atoms with Crippen molar-refractivity contribution < 1.29 is 5.11 Å². The van der Waals surface area contributed by atoms with Gasteiger partial charge in [0.05, 0.1) is 6.10 Å². The maximum atomic E-state index is 10.1. The first-order valence-corrected chi connectivity index (χ1v) is 6.68. The molecule has 0 aliphatic rings. The minimum atomic E-state index is -0.439. The molecule has 2 heteroatoms. The lowest BCUT2D eigenvalue weighted by molar-refractivity contribution is 0.148. The van der Waals surface area contributed by atoms with Crippen LogP contribution in [-0.2, 0) is 0 Å². The highest BCUT2D eigenvalue weighted by atomic mass is 16.3. The molecule has 1 aromatic rings. The van der Waals surface area contributed by atoms with Crippen molar-refractivity contribution in [3.8, 4) is 0 Å². The van der Waals surface area contributed by atoms with Crippen LogP contribution in [0.15, 0.2) is 30.3 Å². The number of hydrogen-bond donors (Lipinski definition) is 2. The van der Waals surface area contributed by atoms with E-state index in [0.717, 1.165) is 12.0 Å². The maximum absolute atomic E-state index is 10.1. The van der Waals surface area contributed by atoms with E-state index in [4.69, 9.17) is 0 Å². The monoisotopic (exact) mass is 249 g/mol. The quantitative estimate of drug-likeness (QED) is 0.837. The van der Waals surface area contributed by atoms with E-state index < -0.39 is 6.10 Å². The molecule has 0 aliphatic carbocycles. The fourth-order valence-electron chi connectivity index (χ4n) is 2.55. The van der Waals surface area contributed by atoms with Gasteiger partial charge in [-0.1, -0.05) is 51.1 Å². The summed E-state index contributed by atoms with van der Waals surface area (Å²) in [4.78, 5) is 0. The van der Waals surface area contributed by atoms with Crippen molar-refractivity contribution in [3.05, 3.63) is 35.9 Å². The number of β-amino-alcohol motifs (C(OH)–C–C–N with tert-alkyl or cyclic N) is 1. The molecule has 0 heterocycles. The Bertz CT molecular complexity index is 351. The van der Waals surface area contributed by atoms with Crippen molar-refractivity contribution in [3.63, 3.8) is 0 Å². The molecule has 0 saturated carbocycles. The Kier molecular flexibility index (Phi) is 4.94. The van der Waals surface area contributed by atoms with Gasteiger partial charge in [0, 0.05) is 12.1 Å². The molecule has 0 aliphatic heterocycles. The van der Waals surface area contributed by atoms with Crippen LogP contribution in [0.5, 0.6) is 0 Å². The molecule has 0 fully saturated rings. The van der Waals surface area contributed by atoms with Gasteiger partial charge < -0.3 is 10.4 Å². The molecule has 0 saturated heterocycles. The summed E-state index contributed by atoms with van der Waals surface area (Å²) in [7, 11) is 0. The van der Waals surface area contributed by atoms with E-state index in [1.165, 1.54) is 0 Å². The molecule has 0 amide bonds. The minimum absolute atomic E-state index is 0.0357. The summed E-state index contributed by atoms with van der Waals surface area (Å²) in [5.74, 6) is 0. The van der Waals surface area contributed by atoms with E-state index >= 15 is 0 Å². The number of aliphatic hydroxyl groups excluding tert-OH is 1. The van der Waals surface area contributed by atoms with Crippen LogP contribution < -0.4 is 5.32 Å². The zero-order chi connectivity index (χ0) is 13.8. The molecule has 1 atom stereocenters. The van der Waals surface area contributed by atoms with Gasteiger partial charge in [0.15, 0.2) is 0 Å². The van der Waals surface area contributed by atoms with Crippen molar-refractivity contribution in [2.45, 2.75) is 52.7 Å². The highest BCUT2D eigenvalue weighted by molar-refractivity contribution is 5.17. The average Bonchev–Trinajstić information content (AvgIpc) is 2.24. The number of aliphatic hydroxyl groups is 1. The smallest absolute Gasteiger partial charge is 0.0914 e. The van der Waals surface area contributed by atoms with Gasteiger partial charge in [-0.2, -0.15) is 0 Å². The second-order valence-electron chi connectivity index (χ2n) is 6.93. The molecule has 0 bridgehead atoms. The number of nitrogens with one attached hydrogen (secondary N) is 1. The fraction of sp³-hybridized carbons (Fsp3) is 0.625. The molecule has 0 radical (unpaired) electrons. The second-order valence-corrected chi connectivity index (χ2v) is 6.93. The van der Waals surface area contributed by atoms with E-state index in [1.807, 2.05) is 30.3 Å². The van der Waals surface area contributed by atoms with Crippen molar-refractivity contribution in [2.75, 3.05) is 6.54 Å². The van der Waals surface area contributed by atoms with Crippen LogP contribution in [0.4, 0.5) is 0 Å². The highest BCUT2D eigenvalue weighted by Crippen LogP contribution is 2.27. The van der Waals surface area contributed by atoms with E-state index in [2.05, 4.69) is 39.9 Å². The third-order valence-electron chi connectivity index (χ3n) is 2.93. The maximum Gasteiger partial charge on any atom is 0.0914 e. The van der Waals surface area contributed by atoms with Gasteiger partial charge in [-0.05, 0) is 31.2 Å². The van der Waals surface area contributed by atoms with Gasteiger partial charge in [0.2, 0.25) is 0 Å². The predicted molar refractivity (Wildman–Crippen MR) is 77.6 cm³/mol. The molecule has 18 heavy (non-hydrogen) atoms. The lowest BCUT2D eigenvalue weighted by Gasteiger charge is -2.34. The van der Waals surface area contributed by atoms with E-state index in [9.17, 15) is 5.11 Å². The number of rotatable bonds is 5. The van der Waals surface area contributed by atoms with Crippen molar-refractivity contribution in [1.82, 2.24) is 5.32 Å². The minimum Gasteiger partial charge on any atom is -0.387 e. The van der Waals surface area contributed by atoms with Crippen LogP contribution in [0.2, 0.25) is 0 Å². The molecule has 0 aromatic heterocycles. The molecular weight excluding hydrogens is 222 g/mol. The molecule has 1 aromatic carbocycles. The first kappa shape index (κ1) is 15.2. The van der Waals surface area contributed by atoms with Crippen molar-refractivity contribution >= 4 is 0 Å². The van der Waals surface area contributed by atoms with E-state index in [1.54, 1.807) is 0 Å². The Morgan fingerprint density at radius 2 is 1.61 bits per heavy atom. The van der Waals surface area contributed by atoms with E-state index in [0.29, 0.717) is 6.54 Å². The summed E-state index contributed by atoms with van der Waals surface area (Å²) in [6.45, 7) is 11.7. The first-order valence-electron chi connectivity index (χ1n) is 6.68. The van der Waals surface area contributed by atoms with Gasteiger partial charge in [-0.25, -0.2) is 0 Å². The van der Waals surface area contributed by atoms with Crippen LogP contribution in [0.3, 0.4) is 0 Å². The molecule has 102 valence electrons. The van der Waals surface area contributed by atoms with Gasteiger partial charge in [-0.3, -0.25) is 0 Å². The first-order chi connectivity index (χ1) is 8.20. The molecule has 2 N–H and O–H groups in total. The zero-order valence-electron chi connectivity index (χ0n) is 12.3. The van der Waals surface area contributed by atoms with Crippen LogP contribution in [0.1, 0.15) is 52.7 Å². The normalized spacial score (nSPS) is 14.6. The second kappa shape index (κ2) is 5.85. The summed E-state index contributed by atoms with van der Waals surface area (Å²) in [5, 5.41) is 13.6. The SMILES string of the molecule is CC(C)(C)CC(C)(C)NCC(O)c1ccccc1. The summed E-state index contributed by atoms with van der Waals surface area (Å²) in [6, 6.07) is 9.80. The Balaban J connectivity index is 2.50. The van der Waals surface area contributed by atoms with Crippen LogP contribution in [0, 0.1) is 5.41 Å². The summed E-state index contributed by atoms with van der Waals surface area (Å²) in [5.41, 5.74) is 1.29. The average molecular weight is 249 g/mol. The Morgan fingerprint density at radius 1 is 1.06 bits per heavy atom. The predicted octanol–water partition coefficient (Wildman–Crippen LogP) is 3.52. The molecule has 1 unspecified atom stereocenters. The molecule has 2 nitrogen and oxygen atoms in total. The topological polar surface area (TPSA) is 32.3 Å². The third-order valence-corrected chi connectivity index (χ3v) is 2.93. The van der Waals surface area contributed by atoms with Gasteiger partial charge >= 0.3 is 0 Å². The Labute approximate surface area is 111 Å². The van der Waals surface area contributed by atoms with Gasteiger partial charge in [-0.15, -0.1) is 0 Å². The van der Waals surface area contributed by atoms with Gasteiger partial charge in [0.25, 0.3) is 0 Å². The lowest BCUT2D eigenvalue weighted by atomic mass is 9.81. The molecule has 0 spiro atoms. The van der Waals surface area contributed by atoms with Crippen molar-refractivity contribution in [1.29, 1.82) is 0 Å². The Hall–Kier alpha value is -0.860. The highest BCUT2D eigenvalue weighted by Gasteiger charge is 2.25. The number of hydrogen-bond acceptors (Lipinski definition) is 2. The molecule has 1 rings (SSSR count). The third kappa shape index (κ3) is 5.65. The fourth-order valence-corrected chi connectivity index (χ4v) is 2.55. The van der Waals surface area contributed by atoms with Crippen LogP contribution in [-0.4, -0.2) is 17.2 Å². The number of benzene rings is 1.